The SMILES string of the molecule is CC(C)C(=O)N1CCC[C@H](C(=O)N[C@H](C)c2ccc(S(C)(=O)=O)cc2)C1. The first-order valence-electron chi connectivity index (χ1n) is 8.98. The Kier molecular flexibility index (Phi) is 6.44. The monoisotopic (exact) mass is 380 g/mol. The molecule has 1 fully saturated rings. The molecule has 0 aliphatic carbocycles. The molecule has 0 bridgehead atoms. The summed E-state index contributed by atoms with van der Waals surface area (Å²) in [5.41, 5.74) is 0.844. The summed E-state index contributed by atoms with van der Waals surface area (Å²) in [6.45, 7) is 6.78. The first-order chi connectivity index (χ1) is 12.1. The van der Waals surface area contributed by atoms with Gasteiger partial charge in [0.15, 0.2) is 9.84 Å². The Morgan fingerprint density at radius 3 is 2.31 bits per heavy atom. The number of nitrogens with zero attached hydrogens (tertiary/aromatic N) is 1. The van der Waals surface area contributed by atoms with Crippen LogP contribution < -0.4 is 5.32 Å². The zero-order valence-electron chi connectivity index (χ0n) is 15.9. The largest absolute Gasteiger partial charge is 0.349 e. The lowest BCUT2D eigenvalue weighted by Gasteiger charge is -2.33. The van der Waals surface area contributed by atoms with Crippen molar-refractivity contribution < 1.29 is 18.0 Å². The van der Waals surface area contributed by atoms with Gasteiger partial charge in [0.1, 0.15) is 0 Å². The Labute approximate surface area is 155 Å². The number of benzene rings is 1. The molecule has 1 heterocycles. The number of amides is 2. The van der Waals surface area contributed by atoms with E-state index in [1.165, 1.54) is 6.26 Å². The standard InChI is InChI=1S/C19H28N2O4S/c1-13(2)19(23)21-11-5-6-16(12-21)18(22)20-14(3)15-7-9-17(10-8-15)26(4,24)25/h7-10,13-14,16H,5-6,11-12H2,1-4H3,(H,20,22)/t14-,16+/m1/s1. The predicted octanol–water partition coefficient (Wildman–Crippen LogP) is 2.16. The first kappa shape index (κ1) is 20.4. The Bertz CT molecular complexity index is 756. The van der Waals surface area contributed by atoms with E-state index in [0.717, 1.165) is 18.4 Å². The topological polar surface area (TPSA) is 83.6 Å². The molecule has 144 valence electrons. The molecular formula is C19H28N2O4S. The van der Waals surface area contributed by atoms with Gasteiger partial charge < -0.3 is 10.2 Å². The lowest BCUT2D eigenvalue weighted by atomic mass is 9.95. The Morgan fingerprint density at radius 2 is 1.77 bits per heavy atom. The van der Waals surface area contributed by atoms with Gasteiger partial charge in [-0.1, -0.05) is 26.0 Å². The van der Waals surface area contributed by atoms with Gasteiger partial charge in [-0.3, -0.25) is 9.59 Å². The van der Waals surface area contributed by atoms with Crippen LogP contribution in [0.4, 0.5) is 0 Å². The van der Waals surface area contributed by atoms with Crippen molar-refractivity contribution in [2.24, 2.45) is 11.8 Å². The molecule has 1 aliphatic heterocycles. The zero-order valence-corrected chi connectivity index (χ0v) is 16.7. The van der Waals surface area contributed by atoms with Gasteiger partial charge in [-0.05, 0) is 37.5 Å². The number of nitrogens with one attached hydrogen (secondary N) is 1. The third-order valence-corrected chi connectivity index (χ3v) is 5.89. The van der Waals surface area contributed by atoms with Crippen molar-refractivity contribution in [1.29, 1.82) is 0 Å². The van der Waals surface area contributed by atoms with Crippen LogP contribution in [0.3, 0.4) is 0 Å². The number of likely N-dealkylation sites (tertiary alicyclic amines) is 1. The minimum absolute atomic E-state index is 0.0639. The average Bonchev–Trinajstić information content (AvgIpc) is 2.60. The lowest BCUT2D eigenvalue weighted by Crippen LogP contribution is -2.47. The summed E-state index contributed by atoms with van der Waals surface area (Å²) in [6.07, 6.45) is 2.77. The van der Waals surface area contributed by atoms with Crippen molar-refractivity contribution in [2.75, 3.05) is 19.3 Å². The minimum atomic E-state index is -3.23. The van der Waals surface area contributed by atoms with E-state index in [2.05, 4.69) is 5.32 Å². The number of hydrogen-bond acceptors (Lipinski definition) is 4. The van der Waals surface area contributed by atoms with E-state index in [0.29, 0.717) is 13.1 Å². The highest BCUT2D eigenvalue weighted by atomic mass is 32.2. The van der Waals surface area contributed by atoms with Crippen molar-refractivity contribution in [3.05, 3.63) is 29.8 Å². The van der Waals surface area contributed by atoms with E-state index >= 15 is 0 Å². The molecule has 2 rings (SSSR count). The van der Waals surface area contributed by atoms with Gasteiger partial charge in [0, 0.05) is 25.3 Å². The van der Waals surface area contributed by atoms with E-state index in [4.69, 9.17) is 0 Å². The summed E-state index contributed by atoms with van der Waals surface area (Å²) in [6, 6.07) is 6.31. The fourth-order valence-electron chi connectivity index (χ4n) is 3.17. The van der Waals surface area contributed by atoms with Gasteiger partial charge in [-0.2, -0.15) is 0 Å². The normalized spacial score (nSPS) is 19.3. The molecule has 1 saturated heterocycles. The first-order valence-corrected chi connectivity index (χ1v) is 10.9. The van der Waals surface area contributed by atoms with E-state index in [1.807, 2.05) is 20.8 Å². The molecule has 1 N–H and O–H groups in total. The molecule has 2 atom stereocenters. The molecule has 0 saturated carbocycles. The van der Waals surface area contributed by atoms with Crippen LogP contribution in [0.15, 0.2) is 29.2 Å². The third kappa shape index (κ3) is 5.06. The van der Waals surface area contributed by atoms with Gasteiger partial charge in [0.05, 0.1) is 16.9 Å². The van der Waals surface area contributed by atoms with Crippen molar-refractivity contribution in [3.8, 4) is 0 Å². The fourth-order valence-corrected chi connectivity index (χ4v) is 3.81. The third-order valence-electron chi connectivity index (χ3n) is 4.76. The van der Waals surface area contributed by atoms with Gasteiger partial charge in [0.2, 0.25) is 11.8 Å². The maximum absolute atomic E-state index is 12.6. The highest BCUT2D eigenvalue weighted by Crippen LogP contribution is 2.21. The molecule has 2 amide bonds. The van der Waals surface area contributed by atoms with Crippen molar-refractivity contribution >= 4 is 21.7 Å². The van der Waals surface area contributed by atoms with Crippen LogP contribution in [0.2, 0.25) is 0 Å². The number of sulfone groups is 1. The van der Waals surface area contributed by atoms with Crippen LogP contribution in [0.5, 0.6) is 0 Å². The minimum Gasteiger partial charge on any atom is -0.349 e. The summed E-state index contributed by atoms with van der Waals surface area (Å²) < 4.78 is 23.1. The Balaban J connectivity index is 1.99. The van der Waals surface area contributed by atoms with Crippen LogP contribution >= 0.6 is 0 Å². The zero-order chi connectivity index (χ0) is 19.5. The van der Waals surface area contributed by atoms with Crippen LogP contribution in [-0.4, -0.2) is 44.5 Å². The quantitative estimate of drug-likeness (QED) is 0.848. The van der Waals surface area contributed by atoms with E-state index in [-0.39, 0.29) is 34.6 Å². The van der Waals surface area contributed by atoms with Crippen molar-refractivity contribution in [3.63, 3.8) is 0 Å². The lowest BCUT2D eigenvalue weighted by molar-refractivity contribution is -0.138. The second-order valence-electron chi connectivity index (χ2n) is 7.35. The molecule has 26 heavy (non-hydrogen) atoms. The second-order valence-corrected chi connectivity index (χ2v) is 9.37. The van der Waals surface area contributed by atoms with E-state index in [1.54, 1.807) is 29.2 Å². The van der Waals surface area contributed by atoms with E-state index in [9.17, 15) is 18.0 Å². The van der Waals surface area contributed by atoms with Crippen molar-refractivity contribution in [2.45, 2.75) is 44.6 Å². The summed E-state index contributed by atoms with van der Waals surface area (Å²) in [7, 11) is -3.23. The van der Waals surface area contributed by atoms with Gasteiger partial charge in [-0.25, -0.2) is 8.42 Å². The smallest absolute Gasteiger partial charge is 0.225 e. The molecule has 0 radical (unpaired) electrons. The van der Waals surface area contributed by atoms with Gasteiger partial charge >= 0.3 is 0 Å². The summed E-state index contributed by atoms with van der Waals surface area (Å²) in [5.74, 6) is -0.244. The Morgan fingerprint density at radius 1 is 1.15 bits per heavy atom. The van der Waals surface area contributed by atoms with Crippen LogP contribution in [0.1, 0.15) is 45.2 Å². The fraction of sp³-hybridized carbons (Fsp3) is 0.579. The highest BCUT2D eigenvalue weighted by molar-refractivity contribution is 7.90. The van der Waals surface area contributed by atoms with Crippen LogP contribution in [-0.2, 0) is 19.4 Å². The average molecular weight is 381 g/mol. The maximum Gasteiger partial charge on any atom is 0.225 e. The summed E-state index contributed by atoms with van der Waals surface area (Å²) in [5, 5.41) is 2.99. The second kappa shape index (κ2) is 8.20. The molecule has 7 heteroatoms. The van der Waals surface area contributed by atoms with E-state index < -0.39 is 9.84 Å². The highest BCUT2D eigenvalue weighted by Gasteiger charge is 2.29. The molecule has 0 spiro atoms. The molecule has 1 aromatic rings. The number of piperidine rings is 1. The maximum atomic E-state index is 12.6. The van der Waals surface area contributed by atoms with Crippen LogP contribution in [0, 0.1) is 11.8 Å². The number of carbonyl (C=O) groups is 2. The molecule has 0 aromatic heterocycles. The summed E-state index contributed by atoms with van der Waals surface area (Å²) >= 11 is 0. The number of rotatable bonds is 5. The molecule has 1 aromatic carbocycles. The van der Waals surface area contributed by atoms with Crippen LogP contribution in [0.25, 0.3) is 0 Å². The number of hydrogen-bond donors (Lipinski definition) is 1. The summed E-state index contributed by atoms with van der Waals surface area (Å²) in [4.78, 5) is 26.8. The molecule has 6 nitrogen and oxygen atoms in total. The number of carbonyl (C=O) groups excluding carboxylic acids is 2. The Hall–Kier alpha value is -1.89. The van der Waals surface area contributed by atoms with Gasteiger partial charge in [0.25, 0.3) is 0 Å². The molecule has 1 aliphatic rings. The van der Waals surface area contributed by atoms with Crippen molar-refractivity contribution in [1.82, 2.24) is 10.2 Å². The predicted molar refractivity (Wildman–Crippen MR) is 100 cm³/mol. The molecule has 0 unspecified atom stereocenters. The molecular weight excluding hydrogens is 352 g/mol. The van der Waals surface area contributed by atoms with Gasteiger partial charge in [-0.15, -0.1) is 0 Å².